The first-order valence-electron chi connectivity index (χ1n) is 6.32. The molecular weight excluding hydrogens is 214 g/mol. The lowest BCUT2D eigenvalue weighted by atomic mass is 9.82. The van der Waals surface area contributed by atoms with Crippen LogP contribution in [0, 0.1) is 5.92 Å². The van der Waals surface area contributed by atoms with E-state index in [0.29, 0.717) is 12.0 Å². The molecule has 1 aliphatic carbocycles. The largest absolute Gasteiger partial charge is 0.474 e. The molecular formula is C13H21N3O. The van der Waals surface area contributed by atoms with Crippen LogP contribution in [0.5, 0.6) is 5.88 Å². The maximum atomic E-state index is 5.84. The van der Waals surface area contributed by atoms with E-state index >= 15 is 0 Å². The molecule has 0 spiro atoms. The zero-order chi connectivity index (χ0) is 12.3. The van der Waals surface area contributed by atoms with Gasteiger partial charge in [0, 0.05) is 6.07 Å². The van der Waals surface area contributed by atoms with Crippen molar-refractivity contribution < 1.29 is 4.74 Å². The molecule has 1 fully saturated rings. The van der Waals surface area contributed by atoms with Crippen molar-refractivity contribution in [1.82, 2.24) is 15.3 Å². The maximum Gasteiger partial charge on any atom is 0.216 e. The summed E-state index contributed by atoms with van der Waals surface area (Å²) in [4.78, 5) is 8.40. The second-order valence-electron chi connectivity index (χ2n) is 5.07. The van der Waals surface area contributed by atoms with Crippen molar-refractivity contribution in [2.24, 2.45) is 5.92 Å². The normalized spacial score (nSPS) is 23.5. The van der Waals surface area contributed by atoms with Crippen LogP contribution >= 0.6 is 0 Å². The van der Waals surface area contributed by atoms with Gasteiger partial charge in [-0.3, -0.25) is 0 Å². The average Bonchev–Trinajstić information content (AvgIpc) is 2.27. The molecule has 0 saturated heterocycles. The molecule has 1 aromatic heterocycles. The molecule has 1 saturated carbocycles. The first kappa shape index (κ1) is 12.3. The minimum Gasteiger partial charge on any atom is -0.474 e. The number of hydrogen-bond donors (Lipinski definition) is 1. The molecule has 0 radical (unpaired) electrons. The van der Waals surface area contributed by atoms with Gasteiger partial charge in [0.25, 0.3) is 0 Å². The van der Waals surface area contributed by atoms with Gasteiger partial charge in [0.15, 0.2) is 0 Å². The Morgan fingerprint density at radius 3 is 2.82 bits per heavy atom. The molecule has 4 heteroatoms. The first-order chi connectivity index (χ1) is 8.19. The van der Waals surface area contributed by atoms with Gasteiger partial charge in [-0.1, -0.05) is 13.8 Å². The summed E-state index contributed by atoms with van der Waals surface area (Å²) in [6, 6.07) is 1.95. The van der Waals surface area contributed by atoms with Gasteiger partial charge in [-0.05, 0) is 38.3 Å². The van der Waals surface area contributed by atoms with Crippen LogP contribution < -0.4 is 10.1 Å². The Bertz CT molecular complexity index is 361. The number of ether oxygens (including phenoxy) is 1. The van der Waals surface area contributed by atoms with E-state index in [1.54, 1.807) is 6.33 Å². The van der Waals surface area contributed by atoms with Crippen LogP contribution in [-0.4, -0.2) is 29.7 Å². The number of nitrogens with one attached hydrogen (secondary N) is 1. The summed E-state index contributed by atoms with van der Waals surface area (Å²) in [6.45, 7) is 5.33. The van der Waals surface area contributed by atoms with Crippen molar-refractivity contribution in [3.63, 3.8) is 0 Å². The Balaban J connectivity index is 1.86. The van der Waals surface area contributed by atoms with Gasteiger partial charge in [0.2, 0.25) is 5.88 Å². The minimum absolute atomic E-state index is 0.336. The summed E-state index contributed by atoms with van der Waals surface area (Å²) in [7, 11) is 1.99. The van der Waals surface area contributed by atoms with Crippen LogP contribution in [0.3, 0.4) is 0 Å². The Hall–Kier alpha value is -1.16. The lowest BCUT2D eigenvalue weighted by Crippen LogP contribution is -2.38. The highest BCUT2D eigenvalue weighted by atomic mass is 16.5. The molecule has 1 heterocycles. The Morgan fingerprint density at radius 1 is 1.41 bits per heavy atom. The Kier molecular flexibility index (Phi) is 3.94. The van der Waals surface area contributed by atoms with Gasteiger partial charge in [-0.25, -0.2) is 9.97 Å². The van der Waals surface area contributed by atoms with Gasteiger partial charge >= 0.3 is 0 Å². The summed E-state index contributed by atoms with van der Waals surface area (Å²) in [5.41, 5.74) is 1.04. The topological polar surface area (TPSA) is 47.0 Å². The van der Waals surface area contributed by atoms with E-state index in [1.807, 2.05) is 13.1 Å². The van der Waals surface area contributed by atoms with Crippen molar-refractivity contribution in [1.29, 1.82) is 0 Å². The number of nitrogens with zero attached hydrogens (tertiary/aromatic N) is 2. The predicted molar refractivity (Wildman–Crippen MR) is 67.2 cm³/mol. The molecule has 0 aromatic carbocycles. The van der Waals surface area contributed by atoms with Crippen LogP contribution in [0.1, 0.15) is 38.3 Å². The number of hydrogen-bond acceptors (Lipinski definition) is 4. The van der Waals surface area contributed by atoms with Crippen molar-refractivity contribution in [2.45, 2.75) is 38.7 Å². The highest BCUT2D eigenvalue weighted by Gasteiger charge is 2.30. The predicted octanol–water partition coefficient (Wildman–Crippen LogP) is 1.98. The molecule has 0 unspecified atom stereocenters. The van der Waals surface area contributed by atoms with E-state index in [0.717, 1.165) is 36.9 Å². The average molecular weight is 235 g/mol. The molecule has 0 aliphatic heterocycles. The van der Waals surface area contributed by atoms with E-state index in [9.17, 15) is 0 Å². The highest BCUT2D eigenvalue weighted by Crippen LogP contribution is 2.30. The fourth-order valence-corrected chi connectivity index (χ4v) is 2.13. The highest BCUT2D eigenvalue weighted by molar-refractivity contribution is 5.16. The van der Waals surface area contributed by atoms with Crippen LogP contribution in [-0.2, 0) is 0 Å². The molecule has 1 N–H and O–H groups in total. The minimum atomic E-state index is 0.336. The van der Waals surface area contributed by atoms with E-state index in [4.69, 9.17) is 4.74 Å². The third-order valence-corrected chi connectivity index (χ3v) is 3.23. The van der Waals surface area contributed by atoms with Crippen LogP contribution in [0.4, 0.5) is 0 Å². The van der Waals surface area contributed by atoms with Crippen LogP contribution in [0.2, 0.25) is 0 Å². The lowest BCUT2D eigenvalue weighted by molar-refractivity contribution is 0.0614. The summed E-state index contributed by atoms with van der Waals surface area (Å²) < 4.78 is 5.84. The fraction of sp³-hybridized carbons (Fsp3) is 0.692. The van der Waals surface area contributed by atoms with Crippen molar-refractivity contribution >= 4 is 0 Å². The molecule has 17 heavy (non-hydrogen) atoms. The smallest absolute Gasteiger partial charge is 0.216 e. The molecule has 0 amide bonds. The second-order valence-corrected chi connectivity index (χ2v) is 5.07. The molecule has 4 nitrogen and oxygen atoms in total. The maximum absolute atomic E-state index is 5.84. The molecule has 2 rings (SSSR count). The van der Waals surface area contributed by atoms with E-state index in [-0.39, 0.29) is 0 Å². The van der Waals surface area contributed by atoms with Gasteiger partial charge < -0.3 is 10.1 Å². The lowest BCUT2D eigenvalue weighted by Gasteiger charge is -2.34. The quantitative estimate of drug-likeness (QED) is 0.847. The second kappa shape index (κ2) is 5.45. The van der Waals surface area contributed by atoms with E-state index in [1.165, 1.54) is 0 Å². The van der Waals surface area contributed by atoms with Crippen LogP contribution in [0.15, 0.2) is 12.4 Å². The summed E-state index contributed by atoms with van der Waals surface area (Å²) in [5, 5.41) is 3.20. The molecule has 94 valence electrons. The SMILES string of the molecule is CNCC1CC(Oc2cc(C(C)C)ncn2)C1. The summed E-state index contributed by atoms with van der Waals surface area (Å²) in [6.07, 6.45) is 4.18. The molecule has 0 bridgehead atoms. The molecule has 1 aliphatic rings. The number of aromatic nitrogens is 2. The molecule has 1 aromatic rings. The fourth-order valence-electron chi connectivity index (χ4n) is 2.13. The first-order valence-corrected chi connectivity index (χ1v) is 6.32. The standard InChI is InChI=1S/C13H21N3O/c1-9(2)12-6-13(16-8-15-12)17-11-4-10(5-11)7-14-3/h6,8-11,14H,4-5,7H2,1-3H3. The van der Waals surface area contributed by atoms with Gasteiger partial charge in [-0.15, -0.1) is 0 Å². The third kappa shape index (κ3) is 3.16. The third-order valence-electron chi connectivity index (χ3n) is 3.23. The Morgan fingerprint density at radius 2 is 2.18 bits per heavy atom. The van der Waals surface area contributed by atoms with Gasteiger partial charge in [0.1, 0.15) is 12.4 Å². The zero-order valence-corrected chi connectivity index (χ0v) is 10.8. The van der Waals surface area contributed by atoms with Gasteiger partial charge in [-0.2, -0.15) is 0 Å². The monoisotopic (exact) mass is 235 g/mol. The summed E-state index contributed by atoms with van der Waals surface area (Å²) in [5.74, 6) is 1.90. The number of rotatable bonds is 5. The summed E-state index contributed by atoms with van der Waals surface area (Å²) >= 11 is 0. The zero-order valence-electron chi connectivity index (χ0n) is 10.8. The molecule has 0 atom stereocenters. The van der Waals surface area contributed by atoms with Crippen molar-refractivity contribution in [2.75, 3.05) is 13.6 Å². The Labute approximate surface area is 103 Å². The van der Waals surface area contributed by atoms with Crippen LogP contribution in [0.25, 0.3) is 0 Å². The van der Waals surface area contributed by atoms with Crippen molar-refractivity contribution in [3.05, 3.63) is 18.1 Å². The van der Waals surface area contributed by atoms with Gasteiger partial charge in [0.05, 0.1) is 5.69 Å². The van der Waals surface area contributed by atoms with E-state index in [2.05, 4.69) is 29.1 Å². The van der Waals surface area contributed by atoms with E-state index < -0.39 is 0 Å². The van der Waals surface area contributed by atoms with Crippen molar-refractivity contribution in [3.8, 4) is 5.88 Å².